The molecule has 0 bridgehead atoms. The number of carbonyl (C=O) groups excluding carboxylic acids is 1. The van der Waals surface area contributed by atoms with E-state index in [2.05, 4.69) is 27.1 Å². The first-order valence-corrected chi connectivity index (χ1v) is 7.93. The first-order chi connectivity index (χ1) is 10.2. The van der Waals surface area contributed by atoms with Gasteiger partial charge in [0, 0.05) is 12.2 Å². The van der Waals surface area contributed by atoms with Crippen LogP contribution < -0.4 is 5.32 Å². The van der Waals surface area contributed by atoms with E-state index in [0.717, 1.165) is 18.5 Å². The predicted octanol–water partition coefficient (Wildman–Crippen LogP) is 1.60. The van der Waals surface area contributed by atoms with E-state index < -0.39 is 0 Å². The highest BCUT2D eigenvalue weighted by atomic mass is 16.2. The van der Waals surface area contributed by atoms with Gasteiger partial charge in [0.1, 0.15) is 6.33 Å². The van der Waals surface area contributed by atoms with Crippen molar-refractivity contribution in [1.29, 1.82) is 0 Å². The smallest absolute Gasteiger partial charge is 0.240 e. The number of nitrogens with zero attached hydrogens (tertiary/aromatic N) is 3. The van der Waals surface area contributed by atoms with Crippen LogP contribution in [0.15, 0.2) is 18.6 Å². The fourth-order valence-corrected chi connectivity index (χ4v) is 4.09. The fourth-order valence-electron chi connectivity index (χ4n) is 4.09. The highest BCUT2D eigenvalue weighted by molar-refractivity contribution is 5.83. The van der Waals surface area contributed by atoms with Crippen LogP contribution in [0.1, 0.15) is 38.3 Å². The van der Waals surface area contributed by atoms with E-state index in [4.69, 9.17) is 0 Å². The molecule has 1 saturated heterocycles. The van der Waals surface area contributed by atoms with Gasteiger partial charge in [-0.05, 0) is 44.2 Å². The number of amides is 1. The van der Waals surface area contributed by atoms with Gasteiger partial charge in [-0.15, -0.1) is 0 Å². The van der Waals surface area contributed by atoms with Crippen LogP contribution >= 0.6 is 0 Å². The molecule has 114 valence electrons. The molecule has 3 rings (SSSR count). The lowest BCUT2D eigenvalue weighted by Gasteiger charge is -2.32. The molecule has 5 heteroatoms. The quantitative estimate of drug-likeness (QED) is 0.918. The van der Waals surface area contributed by atoms with Gasteiger partial charge in [0.05, 0.1) is 18.3 Å². The van der Waals surface area contributed by atoms with Crippen LogP contribution in [0, 0.1) is 11.8 Å². The first-order valence-electron chi connectivity index (χ1n) is 7.93. The second-order valence-electron chi connectivity index (χ2n) is 6.40. The third-order valence-electron chi connectivity index (χ3n) is 5.10. The van der Waals surface area contributed by atoms with Crippen molar-refractivity contribution in [2.24, 2.45) is 11.8 Å². The molecule has 1 N–H and O–H groups in total. The van der Waals surface area contributed by atoms with E-state index in [1.54, 1.807) is 12.5 Å². The minimum atomic E-state index is -0.0718. The minimum absolute atomic E-state index is 0.0718. The molecule has 0 spiro atoms. The Labute approximate surface area is 126 Å². The molecule has 0 aromatic carbocycles. The molecular weight excluding hydrogens is 264 g/mol. The van der Waals surface area contributed by atoms with Gasteiger partial charge < -0.3 is 10.2 Å². The molecule has 1 aromatic heterocycles. The second-order valence-corrected chi connectivity index (χ2v) is 6.40. The van der Waals surface area contributed by atoms with Crippen LogP contribution in [0.25, 0.3) is 0 Å². The van der Waals surface area contributed by atoms with Crippen LogP contribution in [-0.4, -0.2) is 39.9 Å². The van der Waals surface area contributed by atoms with E-state index in [1.807, 2.05) is 13.1 Å². The van der Waals surface area contributed by atoms with Crippen LogP contribution in [0.3, 0.4) is 0 Å². The fraction of sp³-hybridized carbons (Fsp3) is 0.688. The summed E-state index contributed by atoms with van der Waals surface area (Å²) in [5, 5.41) is 3.22. The summed E-state index contributed by atoms with van der Waals surface area (Å²) in [6.45, 7) is 2.80. The second kappa shape index (κ2) is 6.10. The number of hydrogen-bond acceptors (Lipinski definition) is 4. The number of fused-ring (bicyclic) bond motifs is 1. The zero-order chi connectivity index (χ0) is 14.8. The summed E-state index contributed by atoms with van der Waals surface area (Å²) in [5.74, 6) is 1.27. The van der Waals surface area contributed by atoms with Gasteiger partial charge in [-0.25, -0.2) is 9.97 Å². The van der Waals surface area contributed by atoms with Gasteiger partial charge in [0.2, 0.25) is 5.91 Å². The molecule has 2 aliphatic rings. The average Bonchev–Trinajstić information content (AvgIpc) is 2.91. The Morgan fingerprint density at radius 2 is 2.29 bits per heavy atom. The molecule has 4 unspecified atom stereocenters. The molecule has 1 aliphatic heterocycles. The highest BCUT2D eigenvalue weighted by Gasteiger charge is 2.43. The van der Waals surface area contributed by atoms with Gasteiger partial charge in [-0.3, -0.25) is 4.79 Å². The number of carbonyl (C=O) groups is 1. The van der Waals surface area contributed by atoms with E-state index in [9.17, 15) is 4.79 Å². The van der Waals surface area contributed by atoms with Crippen molar-refractivity contribution in [3.05, 3.63) is 24.3 Å². The summed E-state index contributed by atoms with van der Waals surface area (Å²) in [7, 11) is 1.89. The number of likely N-dealkylation sites (N-methyl/N-ethyl adjacent to an activating group) is 1. The van der Waals surface area contributed by atoms with E-state index in [1.165, 1.54) is 12.8 Å². The highest BCUT2D eigenvalue weighted by Crippen LogP contribution is 2.39. The maximum Gasteiger partial charge on any atom is 0.240 e. The van der Waals surface area contributed by atoms with Gasteiger partial charge in [0.15, 0.2) is 0 Å². The Morgan fingerprint density at radius 3 is 3.00 bits per heavy atom. The van der Waals surface area contributed by atoms with Gasteiger partial charge >= 0.3 is 0 Å². The Kier molecular flexibility index (Phi) is 4.19. The molecule has 5 nitrogen and oxygen atoms in total. The summed E-state index contributed by atoms with van der Waals surface area (Å²) in [6.07, 6.45) is 8.06. The lowest BCUT2D eigenvalue weighted by Crippen LogP contribution is -2.49. The van der Waals surface area contributed by atoms with Crippen molar-refractivity contribution < 1.29 is 4.79 Å². The molecule has 0 radical (unpaired) electrons. The Morgan fingerprint density at radius 1 is 1.43 bits per heavy atom. The standard InChI is InChI=1S/C16H24N4O/c1-11-8-12-4-3-5-14(12)20(16(21)15(11)17-2)9-13-6-7-18-10-19-13/h6-7,10-12,14-15,17H,3-5,8-9H2,1-2H3. The minimum Gasteiger partial charge on any atom is -0.332 e. The lowest BCUT2D eigenvalue weighted by atomic mass is 9.90. The maximum absolute atomic E-state index is 13.0. The van der Waals surface area contributed by atoms with Gasteiger partial charge in [-0.1, -0.05) is 13.3 Å². The van der Waals surface area contributed by atoms with Crippen LogP contribution in [0.2, 0.25) is 0 Å². The normalized spacial score (nSPS) is 32.9. The molecule has 1 aromatic rings. The van der Waals surface area contributed by atoms with Crippen LogP contribution in [0.4, 0.5) is 0 Å². The molecule has 1 amide bonds. The van der Waals surface area contributed by atoms with Crippen molar-refractivity contribution >= 4 is 5.91 Å². The number of aromatic nitrogens is 2. The Balaban J connectivity index is 1.88. The maximum atomic E-state index is 13.0. The van der Waals surface area contributed by atoms with Crippen molar-refractivity contribution in [3.8, 4) is 0 Å². The zero-order valence-electron chi connectivity index (χ0n) is 12.8. The number of likely N-dealkylation sites (tertiary alicyclic amines) is 1. The summed E-state index contributed by atoms with van der Waals surface area (Å²) in [4.78, 5) is 23.3. The molecule has 2 fully saturated rings. The molecular formula is C16H24N4O. The number of rotatable bonds is 3. The first kappa shape index (κ1) is 14.4. The van der Waals surface area contributed by atoms with Crippen LogP contribution in [0.5, 0.6) is 0 Å². The van der Waals surface area contributed by atoms with Gasteiger partial charge in [0.25, 0.3) is 0 Å². The van der Waals surface area contributed by atoms with Crippen LogP contribution in [-0.2, 0) is 11.3 Å². The average molecular weight is 288 g/mol. The van der Waals surface area contributed by atoms with E-state index >= 15 is 0 Å². The third-order valence-corrected chi connectivity index (χ3v) is 5.10. The Hall–Kier alpha value is -1.49. The molecule has 2 heterocycles. The predicted molar refractivity (Wildman–Crippen MR) is 80.3 cm³/mol. The summed E-state index contributed by atoms with van der Waals surface area (Å²) in [5.41, 5.74) is 0.924. The summed E-state index contributed by atoms with van der Waals surface area (Å²) < 4.78 is 0. The number of nitrogens with one attached hydrogen (secondary N) is 1. The van der Waals surface area contributed by atoms with Crippen molar-refractivity contribution in [3.63, 3.8) is 0 Å². The topological polar surface area (TPSA) is 58.1 Å². The molecule has 1 saturated carbocycles. The molecule has 1 aliphatic carbocycles. The molecule has 21 heavy (non-hydrogen) atoms. The van der Waals surface area contributed by atoms with Crippen molar-refractivity contribution in [1.82, 2.24) is 20.2 Å². The summed E-state index contributed by atoms with van der Waals surface area (Å²) in [6, 6.07) is 2.21. The summed E-state index contributed by atoms with van der Waals surface area (Å²) >= 11 is 0. The SMILES string of the molecule is CNC1C(=O)N(Cc2ccncn2)C2CCCC2CC1C. The number of hydrogen-bond donors (Lipinski definition) is 1. The molecule has 4 atom stereocenters. The Bertz CT molecular complexity index is 492. The monoisotopic (exact) mass is 288 g/mol. The largest absolute Gasteiger partial charge is 0.332 e. The van der Waals surface area contributed by atoms with E-state index in [-0.39, 0.29) is 11.9 Å². The van der Waals surface area contributed by atoms with Gasteiger partial charge in [-0.2, -0.15) is 0 Å². The van der Waals surface area contributed by atoms with Crippen molar-refractivity contribution in [2.75, 3.05) is 7.05 Å². The zero-order valence-corrected chi connectivity index (χ0v) is 12.8. The van der Waals surface area contributed by atoms with E-state index in [0.29, 0.717) is 24.4 Å². The third kappa shape index (κ3) is 2.79. The van der Waals surface area contributed by atoms with Crippen molar-refractivity contribution in [2.45, 2.75) is 51.2 Å². The lowest BCUT2D eigenvalue weighted by molar-refractivity contribution is -0.136.